The Labute approximate surface area is 154 Å². The highest BCUT2D eigenvalue weighted by molar-refractivity contribution is 6.31. The van der Waals surface area contributed by atoms with Crippen LogP contribution < -0.4 is 19.5 Å². The molecule has 0 radical (unpaired) electrons. The number of nitrogens with zero attached hydrogens (tertiary/aromatic N) is 1. The zero-order valence-corrected chi connectivity index (χ0v) is 15.1. The van der Waals surface area contributed by atoms with Crippen LogP contribution >= 0.6 is 11.6 Å². The van der Waals surface area contributed by atoms with Gasteiger partial charge in [-0.05, 0) is 37.3 Å². The highest BCUT2D eigenvalue weighted by atomic mass is 35.5. The van der Waals surface area contributed by atoms with Gasteiger partial charge in [0.1, 0.15) is 11.5 Å². The van der Waals surface area contributed by atoms with Crippen molar-refractivity contribution in [2.24, 2.45) is 0 Å². The molecule has 0 aliphatic heterocycles. The molecule has 26 heavy (non-hydrogen) atoms. The SMILES string of the molecule is COc1ccc(O[C@@H](C)C(=O)Nc2cc(Cl)ccc2OC)c([N+](=O)[O-])c1. The van der Waals surface area contributed by atoms with Gasteiger partial charge in [-0.3, -0.25) is 14.9 Å². The predicted molar refractivity (Wildman–Crippen MR) is 96.4 cm³/mol. The van der Waals surface area contributed by atoms with Gasteiger partial charge < -0.3 is 19.5 Å². The van der Waals surface area contributed by atoms with E-state index in [2.05, 4.69) is 5.32 Å². The molecule has 2 aromatic rings. The van der Waals surface area contributed by atoms with Crippen molar-refractivity contribution in [3.05, 3.63) is 51.5 Å². The van der Waals surface area contributed by atoms with Crippen molar-refractivity contribution in [2.75, 3.05) is 19.5 Å². The van der Waals surface area contributed by atoms with Crippen LogP contribution in [0.5, 0.6) is 17.2 Å². The Morgan fingerprint density at radius 1 is 1.15 bits per heavy atom. The summed E-state index contributed by atoms with van der Waals surface area (Å²) >= 11 is 5.93. The Morgan fingerprint density at radius 2 is 1.85 bits per heavy atom. The number of ether oxygens (including phenoxy) is 3. The minimum atomic E-state index is -1.01. The minimum Gasteiger partial charge on any atom is -0.496 e. The highest BCUT2D eigenvalue weighted by Crippen LogP contribution is 2.32. The van der Waals surface area contributed by atoms with Crippen molar-refractivity contribution in [2.45, 2.75) is 13.0 Å². The van der Waals surface area contributed by atoms with E-state index in [1.165, 1.54) is 45.4 Å². The molecule has 0 saturated carbocycles. The van der Waals surface area contributed by atoms with Gasteiger partial charge in [0.25, 0.3) is 5.91 Å². The van der Waals surface area contributed by atoms with Crippen molar-refractivity contribution in [3.8, 4) is 17.2 Å². The lowest BCUT2D eigenvalue weighted by atomic mass is 10.2. The van der Waals surface area contributed by atoms with Gasteiger partial charge >= 0.3 is 5.69 Å². The summed E-state index contributed by atoms with van der Waals surface area (Å²) < 4.78 is 15.6. The van der Waals surface area contributed by atoms with Gasteiger partial charge in [-0.15, -0.1) is 0 Å². The molecule has 2 aromatic carbocycles. The van der Waals surface area contributed by atoms with E-state index in [9.17, 15) is 14.9 Å². The molecule has 0 aliphatic rings. The number of hydrogen-bond acceptors (Lipinski definition) is 6. The fraction of sp³-hybridized carbons (Fsp3) is 0.235. The lowest BCUT2D eigenvalue weighted by Crippen LogP contribution is -2.30. The number of nitro groups is 1. The second-order valence-electron chi connectivity index (χ2n) is 5.18. The molecule has 9 heteroatoms. The summed E-state index contributed by atoms with van der Waals surface area (Å²) in [5.74, 6) is 0.169. The van der Waals surface area contributed by atoms with Crippen LogP contribution in [0.4, 0.5) is 11.4 Å². The van der Waals surface area contributed by atoms with Crippen molar-refractivity contribution in [1.82, 2.24) is 0 Å². The lowest BCUT2D eigenvalue weighted by Gasteiger charge is -2.16. The Morgan fingerprint density at radius 3 is 2.46 bits per heavy atom. The smallest absolute Gasteiger partial charge is 0.314 e. The van der Waals surface area contributed by atoms with Crippen LogP contribution in [0, 0.1) is 10.1 Å². The number of nitrogens with one attached hydrogen (secondary N) is 1. The van der Waals surface area contributed by atoms with Crippen LogP contribution in [-0.4, -0.2) is 31.2 Å². The molecule has 0 saturated heterocycles. The van der Waals surface area contributed by atoms with E-state index in [-0.39, 0.29) is 11.4 Å². The van der Waals surface area contributed by atoms with Crippen LogP contribution in [0.1, 0.15) is 6.92 Å². The number of rotatable bonds is 7. The summed E-state index contributed by atoms with van der Waals surface area (Å²) in [6.45, 7) is 1.47. The standard InChI is InChI=1S/C17H17ClN2O6/c1-10(17(21)19-13-8-11(18)4-6-15(13)25-3)26-16-7-5-12(24-2)9-14(16)20(22)23/h4-10H,1-3H3,(H,19,21)/t10-/m0/s1. The first-order valence-electron chi connectivity index (χ1n) is 7.49. The van der Waals surface area contributed by atoms with Crippen LogP contribution in [0.2, 0.25) is 5.02 Å². The molecule has 0 aliphatic carbocycles. The Bertz CT molecular complexity index is 827. The number of carbonyl (C=O) groups is 1. The van der Waals surface area contributed by atoms with Gasteiger partial charge in [-0.1, -0.05) is 11.6 Å². The van der Waals surface area contributed by atoms with E-state index >= 15 is 0 Å². The number of benzene rings is 2. The zero-order chi connectivity index (χ0) is 19.3. The van der Waals surface area contributed by atoms with Crippen molar-refractivity contribution in [3.63, 3.8) is 0 Å². The van der Waals surface area contributed by atoms with E-state index in [1.54, 1.807) is 12.1 Å². The normalized spacial score (nSPS) is 11.4. The number of methoxy groups -OCH3 is 2. The molecule has 0 heterocycles. The Hall–Kier alpha value is -3.00. The molecular weight excluding hydrogens is 364 g/mol. The molecule has 1 atom stereocenters. The number of nitro benzene ring substituents is 1. The summed E-state index contributed by atoms with van der Waals surface area (Å²) in [5.41, 5.74) is 0.0639. The van der Waals surface area contributed by atoms with Crippen LogP contribution in [0.25, 0.3) is 0 Å². The van der Waals surface area contributed by atoms with Gasteiger partial charge in [0.2, 0.25) is 0 Å². The van der Waals surface area contributed by atoms with E-state index in [1.807, 2.05) is 0 Å². The first-order chi connectivity index (χ1) is 12.3. The maximum Gasteiger partial charge on any atom is 0.314 e. The third-order valence-corrected chi connectivity index (χ3v) is 3.69. The van der Waals surface area contributed by atoms with E-state index in [0.717, 1.165) is 0 Å². The Kier molecular flexibility index (Phi) is 6.24. The zero-order valence-electron chi connectivity index (χ0n) is 14.3. The molecule has 0 aromatic heterocycles. The van der Waals surface area contributed by atoms with E-state index < -0.39 is 16.9 Å². The van der Waals surface area contributed by atoms with Crippen molar-refractivity contribution >= 4 is 28.9 Å². The highest BCUT2D eigenvalue weighted by Gasteiger charge is 2.23. The van der Waals surface area contributed by atoms with Crippen molar-refractivity contribution < 1.29 is 23.9 Å². The summed E-state index contributed by atoms with van der Waals surface area (Å²) in [6.07, 6.45) is -1.01. The van der Waals surface area contributed by atoms with Crippen LogP contribution in [0.15, 0.2) is 36.4 Å². The van der Waals surface area contributed by atoms with Gasteiger partial charge in [0.15, 0.2) is 11.9 Å². The monoisotopic (exact) mass is 380 g/mol. The average molecular weight is 381 g/mol. The maximum absolute atomic E-state index is 12.4. The maximum atomic E-state index is 12.4. The van der Waals surface area contributed by atoms with Gasteiger partial charge in [0, 0.05) is 5.02 Å². The topological polar surface area (TPSA) is 99.9 Å². The predicted octanol–water partition coefficient (Wildman–Crippen LogP) is 3.67. The molecule has 8 nitrogen and oxygen atoms in total. The number of hydrogen-bond donors (Lipinski definition) is 1. The second kappa shape index (κ2) is 8.39. The van der Waals surface area contributed by atoms with E-state index in [4.69, 9.17) is 25.8 Å². The molecule has 1 amide bonds. The first kappa shape index (κ1) is 19.3. The molecule has 1 N–H and O–H groups in total. The fourth-order valence-electron chi connectivity index (χ4n) is 2.12. The second-order valence-corrected chi connectivity index (χ2v) is 5.62. The number of anilines is 1. The number of carbonyl (C=O) groups excluding carboxylic acids is 1. The van der Waals surface area contributed by atoms with Crippen molar-refractivity contribution in [1.29, 1.82) is 0 Å². The van der Waals surface area contributed by atoms with Gasteiger partial charge in [0.05, 0.1) is 30.9 Å². The molecule has 2 rings (SSSR count). The number of halogens is 1. The third kappa shape index (κ3) is 4.54. The van der Waals surface area contributed by atoms with Gasteiger partial charge in [-0.2, -0.15) is 0 Å². The molecule has 0 bridgehead atoms. The van der Waals surface area contributed by atoms with Crippen LogP contribution in [0.3, 0.4) is 0 Å². The third-order valence-electron chi connectivity index (χ3n) is 3.46. The molecule has 0 unspecified atom stereocenters. The quantitative estimate of drug-likeness (QED) is 0.581. The first-order valence-corrected chi connectivity index (χ1v) is 7.87. The lowest BCUT2D eigenvalue weighted by molar-refractivity contribution is -0.386. The van der Waals surface area contributed by atoms with Crippen LogP contribution in [-0.2, 0) is 4.79 Å². The molecule has 0 fully saturated rings. The average Bonchev–Trinajstić information content (AvgIpc) is 2.62. The van der Waals surface area contributed by atoms with E-state index in [0.29, 0.717) is 22.2 Å². The van der Waals surface area contributed by atoms with Gasteiger partial charge in [-0.25, -0.2) is 0 Å². The summed E-state index contributed by atoms with van der Waals surface area (Å²) in [4.78, 5) is 23.0. The molecule has 0 spiro atoms. The fourth-order valence-corrected chi connectivity index (χ4v) is 2.29. The summed E-state index contributed by atoms with van der Waals surface area (Å²) in [7, 11) is 2.85. The molecule has 138 valence electrons. The summed E-state index contributed by atoms with van der Waals surface area (Å²) in [6, 6.07) is 8.86. The number of amides is 1. The Balaban J connectivity index is 2.17. The minimum absolute atomic E-state index is 0.0449. The summed E-state index contributed by atoms with van der Waals surface area (Å²) in [5, 5.41) is 14.2. The molecular formula is C17H17ClN2O6. The largest absolute Gasteiger partial charge is 0.496 e.